The first-order chi connectivity index (χ1) is 15.5. The number of ether oxygens (including phenoxy) is 1. The Morgan fingerprint density at radius 3 is 2.42 bits per heavy atom. The van der Waals surface area contributed by atoms with Crippen molar-refractivity contribution < 1.29 is 22.7 Å². The van der Waals surface area contributed by atoms with Crippen LogP contribution in [0, 0.1) is 13.8 Å². The molecule has 0 heterocycles. The average Bonchev–Trinajstić information content (AvgIpc) is 2.76. The van der Waals surface area contributed by atoms with Crippen molar-refractivity contribution in [2.75, 3.05) is 30.8 Å². The van der Waals surface area contributed by atoms with Gasteiger partial charge in [0.1, 0.15) is 18.3 Å². The molecule has 33 heavy (non-hydrogen) atoms. The largest absolute Gasteiger partial charge is 0.497 e. The second kappa shape index (κ2) is 11.2. The molecule has 2 rings (SSSR count). The molecule has 2 aromatic rings. The number of hydrogen-bond donors (Lipinski definition) is 1. The molecule has 0 aliphatic rings. The van der Waals surface area contributed by atoms with Crippen molar-refractivity contribution in [2.45, 2.75) is 40.3 Å². The molecule has 0 spiro atoms. The Labute approximate surface area is 196 Å². The molecule has 180 valence electrons. The van der Waals surface area contributed by atoms with E-state index in [4.69, 9.17) is 4.74 Å². The Morgan fingerprint density at radius 2 is 1.82 bits per heavy atom. The quantitative estimate of drug-likeness (QED) is 0.570. The number of anilines is 1. The molecule has 0 aliphatic heterocycles. The van der Waals surface area contributed by atoms with Crippen LogP contribution in [0.15, 0.2) is 42.5 Å². The maximum atomic E-state index is 13.5. The Hall–Kier alpha value is -3.07. The fourth-order valence-corrected chi connectivity index (χ4v) is 4.35. The van der Waals surface area contributed by atoms with Crippen molar-refractivity contribution in [3.8, 4) is 5.75 Å². The molecule has 0 unspecified atom stereocenters. The lowest BCUT2D eigenvalue weighted by Gasteiger charge is -2.32. The lowest BCUT2D eigenvalue weighted by molar-refractivity contribution is -0.139. The third kappa shape index (κ3) is 6.95. The number of carbonyl (C=O) groups excluding carboxylic acids is 2. The van der Waals surface area contributed by atoms with Crippen molar-refractivity contribution in [2.24, 2.45) is 0 Å². The molecule has 0 radical (unpaired) electrons. The normalized spacial score (nSPS) is 12.1. The van der Waals surface area contributed by atoms with Crippen LogP contribution in [0.5, 0.6) is 5.75 Å². The predicted molar refractivity (Wildman–Crippen MR) is 130 cm³/mol. The first-order valence-corrected chi connectivity index (χ1v) is 12.6. The minimum atomic E-state index is -3.76. The van der Waals surface area contributed by atoms with Crippen LogP contribution in [0.4, 0.5) is 5.69 Å². The summed E-state index contributed by atoms with van der Waals surface area (Å²) in [6, 6.07) is 11.8. The Morgan fingerprint density at radius 1 is 1.12 bits per heavy atom. The Balaban J connectivity index is 2.44. The number of nitrogens with one attached hydrogen (secondary N) is 1. The number of sulfonamides is 1. The molecule has 2 amide bonds. The number of benzene rings is 2. The highest BCUT2D eigenvalue weighted by Gasteiger charge is 2.30. The molecular formula is C24H33N3O5S. The van der Waals surface area contributed by atoms with Gasteiger partial charge in [0, 0.05) is 13.1 Å². The zero-order valence-electron chi connectivity index (χ0n) is 20.1. The number of rotatable bonds is 10. The van der Waals surface area contributed by atoms with E-state index in [1.807, 2.05) is 25.1 Å². The van der Waals surface area contributed by atoms with Crippen LogP contribution in [0.25, 0.3) is 0 Å². The summed E-state index contributed by atoms with van der Waals surface area (Å²) in [5, 5.41) is 2.73. The summed E-state index contributed by atoms with van der Waals surface area (Å²) in [6.45, 7) is 7.20. The van der Waals surface area contributed by atoms with Gasteiger partial charge in [0.05, 0.1) is 19.1 Å². The van der Waals surface area contributed by atoms with Gasteiger partial charge >= 0.3 is 0 Å². The van der Waals surface area contributed by atoms with Crippen LogP contribution in [0.2, 0.25) is 0 Å². The second-order valence-corrected chi connectivity index (χ2v) is 9.91. The van der Waals surface area contributed by atoms with Crippen molar-refractivity contribution >= 4 is 27.5 Å². The van der Waals surface area contributed by atoms with Crippen LogP contribution in [0.1, 0.15) is 30.5 Å². The highest BCUT2D eigenvalue weighted by atomic mass is 32.2. The molecule has 9 heteroatoms. The van der Waals surface area contributed by atoms with Gasteiger partial charge in [-0.05, 0) is 62.6 Å². The average molecular weight is 476 g/mol. The summed E-state index contributed by atoms with van der Waals surface area (Å²) >= 11 is 0. The highest BCUT2D eigenvalue weighted by Crippen LogP contribution is 2.25. The van der Waals surface area contributed by atoms with Gasteiger partial charge in [0.15, 0.2) is 0 Å². The summed E-state index contributed by atoms with van der Waals surface area (Å²) < 4.78 is 31.7. The van der Waals surface area contributed by atoms with E-state index in [1.54, 1.807) is 52.1 Å². The number of nitrogens with zero attached hydrogens (tertiary/aromatic N) is 2. The van der Waals surface area contributed by atoms with Crippen LogP contribution in [-0.2, 0) is 26.2 Å². The van der Waals surface area contributed by atoms with Gasteiger partial charge in [-0.1, -0.05) is 24.3 Å². The Kier molecular flexibility index (Phi) is 8.87. The summed E-state index contributed by atoms with van der Waals surface area (Å²) in [5.74, 6) is -0.173. The molecule has 0 aromatic heterocycles. The van der Waals surface area contributed by atoms with Crippen molar-refractivity contribution in [1.82, 2.24) is 10.2 Å². The highest BCUT2D eigenvalue weighted by molar-refractivity contribution is 7.92. The van der Waals surface area contributed by atoms with E-state index in [0.29, 0.717) is 18.0 Å². The van der Waals surface area contributed by atoms with E-state index < -0.39 is 28.5 Å². The van der Waals surface area contributed by atoms with Crippen molar-refractivity contribution in [3.05, 3.63) is 59.2 Å². The van der Waals surface area contributed by atoms with Gasteiger partial charge in [-0.3, -0.25) is 13.9 Å². The zero-order chi connectivity index (χ0) is 24.8. The first-order valence-electron chi connectivity index (χ1n) is 10.7. The fraction of sp³-hybridized carbons (Fsp3) is 0.417. The van der Waals surface area contributed by atoms with Gasteiger partial charge in [-0.15, -0.1) is 0 Å². The summed E-state index contributed by atoms with van der Waals surface area (Å²) in [6.07, 6.45) is 1.07. The lowest BCUT2D eigenvalue weighted by Crippen LogP contribution is -2.51. The van der Waals surface area contributed by atoms with Gasteiger partial charge < -0.3 is 15.0 Å². The number of methoxy groups -OCH3 is 1. The first kappa shape index (κ1) is 26.2. The van der Waals surface area contributed by atoms with Crippen LogP contribution in [-0.4, -0.2) is 57.6 Å². The number of likely N-dealkylation sites (N-methyl/N-ethyl adjacent to an activating group) is 1. The second-order valence-electron chi connectivity index (χ2n) is 8.00. The maximum Gasteiger partial charge on any atom is 0.244 e. The van der Waals surface area contributed by atoms with Crippen LogP contribution >= 0.6 is 0 Å². The molecule has 2 aromatic carbocycles. The molecule has 0 fully saturated rings. The number of aryl methyl sites for hydroxylation is 2. The summed E-state index contributed by atoms with van der Waals surface area (Å²) in [5.41, 5.74) is 2.81. The molecule has 1 N–H and O–H groups in total. The smallest absolute Gasteiger partial charge is 0.244 e. The SMILES string of the molecule is CCNC(=O)[C@H](C)N(Cc1cccc(OC)c1)C(=O)CN(c1cc(C)ccc1C)S(C)(=O)=O. The maximum absolute atomic E-state index is 13.5. The fourth-order valence-electron chi connectivity index (χ4n) is 3.45. The number of amides is 2. The number of hydrogen-bond acceptors (Lipinski definition) is 5. The van der Waals surface area contributed by atoms with Crippen LogP contribution < -0.4 is 14.4 Å². The van der Waals surface area contributed by atoms with E-state index in [1.165, 1.54) is 4.90 Å². The van der Waals surface area contributed by atoms with E-state index in [9.17, 15) is 18.0 Å². The molecule has 0 bridgehead atoms. The summed E-state index contributed by atoms with van der Waals surface area (Å²) in [7, 11) is -2.21. The van der Waals surface area contributed by atoms with Gasteiger partial charge in [0.2, 0.25) is 21.8 Å². The molecule has 1 atom stereocenters. The minimum absolute atomic E-state index is 0.124. The van der Waals surface area contributed by atoms with E-state index in [-0.39, 0.29) is 12.5 Å². The van der Waals surface area contributed by atoms with E-state index in [0.717, 1.165) is 27.3 Å². The van der Waals surface area contributed by atoms with E-state index >= 15 is 0 Å². The topological polar surface area (TPSA) is 96.0 Å². The minimum Gasteiger partial charge on any atom is -0.497 e. The Bertz CT molecular complexity index is 1100. The molecule has 0 saturated carbocycles. The third-order valence-electron chi connectivity index (χ3n) is 5.32. The standard InChI is InChI=1S/C24H33N3O5S/c1-7-25-24(29)19(4)26(15-20-9-8-10-21(14-20)32-5)23(28)16-27(33(6,30)31)22-13-17(2)11-12-18(22)3/h8-14,19H,7,15-16H2,1-6H3,(H,25,29)/t19-/m0/s1. The van der Waals surface area contributed by atoms with Crippen molar-refractivity contribution in [1.29, 1.82) is 0 Å². The summed E-state index contributed by atoms with van der Waals surface area (Å²) in [4.78, 5) is 27.5. The molecule has 8 nitrogen and oxygen atoms in total. The van der Waals surface area contributed by atoms with E-state index in [2.05, 4.69) is 5.32 Å². The zero-order valence-corrected chi connectivity index (χ0v) is 20.9. The van der Waals surface area contributed by atoms with Gasteiger partial charge in [-0.25, -0.2) is 8.42 Å². The molecule has 0 saturated heterocycles. The monoisotopic (exact) mass is 475 g/mol. The van der Waals surface area contributed by atoms with Gasteiger partial charge in [0.25, 0.3) is 0 Å². The molecular weight excluding hydrogens is 442 g/mol. The van der Waals surface area contributed by atoms with Crippen molar-refractivity contribution in [3.63, 3.8) is 0 Å². The lowest BCUT2D eigenvalue weighted by atomic mass is 10.1. The third-order valence-corrected chi connectivity index (χ3v) is 6.44. The number of carbonyl (C=O) groups is 2. The molecule has 0 aliphatic carbocycles. The van der Waals surface area contributed by atoms with Crippen LogP contribution in [0.3, 0.4) is 0 Å². The van der Waals surface area contributed by atoms with Gasteiger partial charge in [-0.2, -0.15) is 0 Å². The predicted octanol–water partition coefficient (Wildman–Crippen LogP) is 2.63.